The molecule has 0 saturated carbocycles. The van der Waals surface area contributed by atoms with Crippen molar-refractivity contribution in [1.29, 1.82) is 0 Å². The van der Waals surface area contributed by atoms with Crippen LogP contribution in [0.15, 0.2) is 64.5 Å². The average Bonchev–Trinajstić information content (AvgIpc) is 3.12. The van der Waals surface area contributed by atoms with Crippen molar-refractivity contribution in [2.45, 2.75) is 54.0 Å². The number of aryl methyl sites for hydroxylation is 1. The van der Waals surface area contributed by atoms with Crippen molar-refractivity contribution < 1.29 is 4.74 Å². The van der Waals surface area contributed by atoms with E-state index in [1.54, 1.807) is 6.20 Å². The second kappa shape index (κ2) is 10.6. The van der Waals surface area contributed by atoms with Crippen LogP contribution >= 0.6 is 0 Å². The molecule has 1 aliphatic rings. The molecular formula is C32H37N5O2. The Morgan fingerprint density at radius 3 is 2.49 bits per heavy atom. The van der Waals surface area contributed by atoms with Gasteiger partial charge in [0.25, 0.3) is 0 Å². The van der Waals surface area contributed by atoms with Gasteiger partial charge in [-0.05, 0) is 68.4 Å². The van der Waals surface area contributed by atoms with Crippen LogP contribution in [0.2, 0.25) is 0 Å². The highest BCUT2D eigenvalue weighted by Gasteiger charge is 2.29. The standard InChI is InChI=1S/C32H37N5O2/c1-19-13-14-26(37-23(5)29-21(3)20(2)16-33-22(4)30(29)24(37)6)15-27(19)34-32-35-31(38)28(39-7)18-36(32)17-25-11-9-8-10-12-25/h8-15,18,20-21H,16-17H2,1-7H3,(H,34,35,38)/t20-,21?/m1/s1. The molecule has 1 N–H and O–H groups in total. The van der Waals surface area contributed by atoms with Crippen LogP contribution in [0.25, 0.3) is 5.69 Å². The van der Waals surface area contributed by atoms with E-state index < -0.39 is 5.56 Å². The van der Waals surface area contributed by atoms with Crippen LogP contribution in [0.1, 0.15) is 60.3 Å². The van der Waals surface area contributed by atoms with Crippen LogP contribution in [0, 0.1) is 26.7 Å². The average molecular weight is 524 g/mol. The number of fused-ring (bicyclic) bond motifs is 1. The fourth-order valence-electron chi connectivity index (χ4n) is 5.68. The molecule has 2 aromatic carbocycles. The van der Waals surface area contributed by atoms with Gasteiger partial charge in [0.2, 0.25) is 11.7 Å². The molecule has 39 heavy (non-hydrogen) atoms. The monoisotopic (exact) mass is 523 g/mol. The third-order valence-electron chi connectivity index (χ3n) is 8.08. The van der Waals surface area contributed by atoms with Gasteiger partial charge in [-0.15, -0.1) is 0 Å². The van der Waals surface area contributed by atoms with Crippen molar-refractivity contribution in [3.8, 4) is 11.4 Å². The minimum atomic E-state index is -0.406. The predicted molar refractivity (Wildman–Crippen MR) is 159 cm³/mol. The predicted octanol–water partition coefficient (Wildman–Crippen LogP) is 6.32. The molecular weight excluding hydrogens is 486 g/mol. The van der Waals surface area contributed by atoms with Gasteiger partial charge in [0.05, 0.1) is 19.9 Å². The molecule has 0 aliphatic carbocycles. The number of ether oxygens (including phenoxy) is 1. The molecule has 0 spiro atoms. The lowest BCUT2D eigenvalue weighted by Crippen LogP contribution is -2.19. The summed E-state index contributed by atoms with van der Waals surface area (Å²) in [6.07, 6.45) is 1.71. The van der Waals surface area contributed by atoms with Gasteiger partial charge in [-0.1, -0.05) is 50.2 Å². The van der Waals surface area contributed by atoms with Gasteiger partial charge in [-0.2, -0.15) is 4.98 Å². The summed E-state index contributed by atoms with van der Waals surface area (Å²) in [4.78, 5) is 21.9. The Morgan fingerprint density at radius 2 is 1.77 bits per heavy atom. The van der Waals surface area contributed by atoms with E-state index in [4.69, 9.17) is 9.73 Å². The van der Waals surface area contributed by atoms with E-state index in [9.17, 15) is 4.79 Å². The maximum atomic E-state index is 12.7. The Labute approximate surface area is 230 Å². The minimum Gasteiger partial charge on any atom is -0.490 e. The van der Waals surface area contributed by atoms with E-state index in [-0.39, 0.29) is 5.75 Å². The summed E-state index contributed by atoms with van der Waals surface area (Å²) < 4.78 is 9.54. The quantitative estimate of drug-likeness (QED) is 0.321. The lowest BCUT2D eigenvalue weighted by Gasteiger charge is -2.19. The smallest absolute Gasteiger partial charge is 0.316 e. The number of benzene rings is 2. The second-order valence-corrected chi connectivity index (χ2v) is 10.7. The first-order valence-electron chi connectivity index (χ1n) is 13.5. The van der Waals surface area contributed by atoms with Gasteiger partial charge in [0.1, 0.15) is 0 Å². The minimum absolute atomic E-state index is 0.211. The number of aliphatic imine (C=N–C) groups is 1. The highest BCUT2D eigenvalue weighted by Crippen LogP contribution is 2.38. The van der Waals surface area contributed by atoms with E-state index in [0.717, 1.165) is 34.8 Å². The number of nitrogens with one attached hydrogen (secondary N) is 1. The van der Waals surface area contributed by atoms with Gasteiger partial charge in [-0.3, -0.25) is 9.79 Å². The van der Waals surface area contributed by atoms with E-state index in [0.29, 0.717) is 24.3 Å². The Kier molecular flexibility index (Phi) is 7.17. The first-order chi connectivity index (χ1) is 18.7. The Morgan fingerprint density at radius 1 is 1.03 bits per heavy atom. The van der Waals surface area contributed by atoms with Crippen LogP contribution < -0.4 is 15.6 Å². The lowest BCUT2D eigenvalue weighted by atomic mass is 9.86. The van der Waals surface area contributed by atoms with Crippen molar-refractivity contribution in [2.24, 2.45) is 10.9 Å². The van der Waals surface area contributed by atoms with E-state index in [1.165, 1.54) is 29.6 Å². The highest BCUT2D eigenvalue weighted by molar-refractivity contribution is 6.02. The molecule has 1 unspecified atom stereocenters. The van der Waals surface area contributed by atoms with Gasteiger partial charge in [-0.25, -0.2) is 0 Å². The van der Waals surface area contributed by atoms with Crippen molar-refractivity contribution >= 4 is 17.3 Å². The van der Waals surface area contributed by atoms with Gasteiger partial charge in [0.15, 0.2) is 0 Å². The molecule has 0 bridgehead atoms. The Balaban J connectivity index is 1.59. The van der Waals surface area contributed by atoms with Crippen molar-refractivity contribution in [2.75, 3.05) is 19.0 Å². The summed E-state index contributed by atoms with van der Waals surface area (Å²) in [5.74, 6) is 1.57. The maximum Gasteiger partial charge on any atom is 0.316 e. The molecule has 2 atom stereocenters. The molecule has 0 radical (unpaired) electrons. The Hall–Kier alpha value is -4.13. The second-order valence-electron chi connectivity index (χ2n) is 10.7. The summed E-state index contributed by atoms with van der Waals surface area (Å²) in [7, 11) is 1.49. The van der Waals surface area contributed by atoms with E-state index >= 15 is 0 Å². The molecule has 7 nitrogen and oxygen atoms in total. The van der Waals surface area contributed by atoms with E-state index in [1.807, 2.05) is 22.8 Å². The number of anilines is 2. The fourth-order valence-corrected chi connectivity index (χ4v) is 5.68. The van der Waals surface area contributed by atoms with Crippen LogP contribution in [0.4, 0.5) is 11.6 Å². The van der Waals surface area contributed by atoms with Gasteiger partial charge >= 0.3 is 5.56 Å². The SMILES string of the molecule is COc1cn(Cc2ccccc2)c(Nc2cc(-n3c(C)c4c(c3C)C(C)[C@H](C)CN=C4C)ccc2C)nc1=O. The van der Waals surface area contributed by atoms with Gasteiger partial charge in [0, 0.05) is 40.6 Å². The zero-order chi connectivity index (χ0) is 27.8. The Bertz CT molecular complexity index is 1610. The highest BCUT2D eigenvalue weighted by atomic mass is 16.5. The summed E-state index contributed by atoms with van der Waals surface area (Å²) >= 11 is 0. The number of hydrogen-bond acceptors (Lipinski definition) is 5. The first-order valence-corrected chi connectivity index (χ1v) is 13.5. The first kappa shape index (κ1) is 26.5. The molecule has 0 amide bonds. The van der Waals surface area contributed by atoms with E-state index in [2.05, 4.69) is 86.7 Å². The molecule has 3 heterocycles. The largest absolute Gasteiger partial charge is 0.490 e. The molecule has 4 aromatic rings. The molecule has 2 aromatic heterocycles. The van der Waals surface area contributed by atoms with Crippen molar-refractivity contribution in [3.05, 3.63) is 98.7 Å². The molecule has 5 rings (SSSR count). The molecule has 7 heteroatoms. The summed E-state index contributed by atoms with van der Waals surface area (Å²) in [6, 6.07) is 16.5. The number of rotatable bonds is 6. The zero-order valence-corrected chi connectivity index (χ0v) is 23.9. The van der Waals surface area contributed by atoms with Gasteiger partial charge < -0.3 is 19.2 Å². The number of methoxy groups -OCH3 is 1. The summed E-state index contributed by atoms with van der Waals surface area (Å²) in [5.41, 5.74) is 9.91. The van der Waals surface area contributed by atoms with Crippen molar-refractivity contribution in [1.82, 2.24) is 14.1 Å². The van der Waals surface area contributed by atoms with Crippen LogP contribution in [-0.4, -0.2) is 33.5 Å². The van der Waals surface area contributed by atoms with Crippen molar-refractivity contribution in [3.63, 3.8) is 0 Å². The fraction of sp³-hybridized carbons (Fsp3) is 0.344. The normalized spacial score (nSPS) is 16.8. The molecule has 0 fully saturated rings. The topological polar surface area (TPSA) is 73.4 Å². The molecule has 1 aliphatic heterocycles. The van der Waals surface area contributed by atoms with Crippen LogP contribution in [-0.2, 0) is 6.54 Å². The molecule has 202 valence electrons. The number of hydrogen-bond donors (Lipinski definition) is 1. The third kappa shape index (κ3) is 4.89. The number of aromatic nitrogens is 3. The molecule has 0 saturated heterocycles. The maximum absolute atomic E-state index is 12.7. The third-order valence-corrected chi connectivity index (χ3v) is 8.08. The lowest BCUT2D eigenvalue weighted by molar-refractivity contribution is 0.402. The van der Waals surface area contributed by atoms with Crippen LogP contribution in [0.5, 0.6) is 5.75 Å². The zero-order valence-electron chi connectivity index (χ0n) is 23.9. The number of nitrogens with zero attached hydrogens (tertiary/aromatic N) is 4. The summed E-state index contributed by atoms with van der Waals surface area (Å²) in [6.45, 7) is 14.6. The van der Waals surface area contributed by atoms with Crippen LogP contribution in [0.3, 0.4) is 0 Å². The summed E-state index contributed by atoms with van der Waals surface area (Å²) in [5, 5.41) is 3.46.